The molecule has 2 aromatic rings. The topological polar surface area (TPSA) is 37.3 Å². The minimum Gasteiger partial charge on any atom is -0.507 e. The largest absolute Gasteiger partial charge is 0.507 e. The third-order valence-electron chi connectivity index (χ3n) is 2.52. The number of aromatic hydroxyl groups is 1. The molecule has 2 rings (SSSR count). The third kappa shape index (κ3) is 3.69. The van der Waals surface area contributed by atoms with E-state index < -0.39 is 0 Å². The number of benzene rings is 2. The predicted octanol–water partition coefficient (Wildman–Crippen LogP) is 4.70. The van der Waals surface area contributed by atoms with E-state index in [0.717, 1.165) is 10.0 Å². The van der Waals surface area contributed by atoms with Crippen molar-refractivity contribution in [1.29, 1.82) is 0 Å². The van der Waals surface area contributed by atoms with Crippen LogP contribution in [0.25, 0.3) is 6.08 Å². The number of carbonyl (C=O) groups excluding carboxylic acids is 1. The van der Waals surface area contributed by atoms with E-state index in [1.165, 1.54) is 12.1 Å². The Hall–Kier alpha value is -1.58. The minimum absolute atomic E-state index is 0.0334. The van der Waals surface area contributed by atoms with Crippen molar-refractivity contribution >= 4 is 39.4 Å². The van der Waals surface area contributed by atoms with Crippen LogP contribution in [-0.4, -0.2) is 10.9 Å². The summed E-state index contributed by atoms with van der Waals surface area (Å²) in [4.78, 5) is 12.0. The Morgan fingerprint density at radius 2 is 1.84 bits per heavy atom. The summed E-state index contributed by atoms with van der Waals surface area (Å²) in [6.07, 6.45) is 3.10. The quantitative estimate of drug-likeness (QED) is 0.651. The molecule has 2 nitrogen and oxygen atoms in total. The molecule has 0 unspecified atom stereocenters. The highest BCUT2D eigenvalue weighted by molar-refractivity contribution is 9.10. The fourth-order valence-electron chi connectivity index (χ4n) is 1.54. The standard InChI is InChI=1S/C15H10BrClO2/c16-11-4-8-15(19)13(9-11)14(18)7-3-10-1-5-12(17)6-2-10/h1-9,19H/b7-3+. The van der Waals surface area contributed by atoms with Crippen molar-refractivity contribution in [1.82, 2.24) is 0 Å². The number of ketones is 1. The summed E-state index contributed by atoms with van der Waals surface area (Å²) in [5, 5.41) is 10.3. The van der Waals surface area contributed by atoms with Crippen molar-refractivity contribution in [2.24, 2.45) is 0 Å². The Morgan fingerprint density at radius 3 is 2.53 bits per heavy atom. The van der Waals surface area contributed by atoms with E-state index in [0.29, 0.717) is 5.02 Å². The van der Waals surface area contributed by atoms with Gasteiger partial charge >= 0.3 is 0 Å². The van der Waals surface area contributed by atoms with Gasteiger partial charge in [-0.2, -0.15) is 0 Å². The summed E-state index contributed by atoms with van der Waals surface area (Å²) in [6.45, 7) is 0. The SMILES string of the molecule is O=C(/C=C/c1ccc(Cl)cc1)c1cc(Br)ccc1O. The molecule has 0 atom stereocenters. The number of phenolic OH excluding ortho intramolecular Hbond substituents is 1. The van der Waals surface area contributed by atoms with Crippen LogP contribution in [0.3, 0.4) is 0 Å². The average molecular weight is 338 g/mol. The van der Waals surface area contributed by atoms with Crippen LogP contribution in [0.4, 0.5) is 0 Å². The lowest BCUT2D eigenvalue weighted by Crippen LogP contribution is -1.94. The molecule has 0 saturated carbocycles. The molecule has 1 N–H and O–H groups in total. The summed E-state index contributed by atoms with van der Waals surface area (Å²) < 4.78 is 0.744. The first-order chi connectivity index (χ1) is 9.06. The molecule has 4 heteroatoms. The highest BCUT2D eigenvalue weighted by atomic mass is 79.9. The van der Waals surface area contributed by atoms with Gasteiger partial charge in [0.15, 0.2) is 5.78 Å². The van der Waals surface area contributed by atoms with E-state index in [9.17, 15) is 9.90 Å². The lowest BCUT2D eigenvalue weighted by molar-refractivity contribution is 0.104. The van der Waals surface area contributed by atoms with Gasteiger partial charge < -0.3 is 5.11 Å². The summed E-state index contributed by atoms with van der Waals surface area (Å²) in [7, 11) is 0. The van der Waals surface area contributed by atoms with E-state index in [1.54, 1.807) is 30.3 Å². The van der Waals surface area contributed by atoms with Crippen LogP contribution in [0.1, 0.15) is 15.9 Å². The molecule has 0 aliphatic rings. The van der Waals surface area contributed by atoms with Gasteiger partial charge in [-0.1, -0.05) is 45.7 Å². The second kappa shape index (κ2) is 6.04. The number of rotatable bonds is 3. The van der Waals surface area contributed by atoms with Crippen molar-refractivity contribution in [3.05, 3.63) is 69.2 Å². The number of hydrogen-bond acceptors (Lipinski definition) is 2. The molecule has 96 valence electrons. The molecular weight excluding hydrogens is 328 g/mol. The number of phenols is 1. The van der Waals surface area contributed by atoms with Crippen molar-refractivity contribution < 1.29 is 9.90 Å². The van der Waals surface area contributed by atoms with Gasteiger partial charge in [0.2, 0.25) is 0 Å². The zero-order valence-corrected chi connectivity index (χ0v) is 12.1. The van der Waals surface area contributed by atoms with Crippen LogP contribution in [0, 0.1) is 0 Å². The maximum atomic E-state index is 12.0. The maximum Gasteiger partial charge on any atom is 0.189 e. The Morgan fingerprint density at radius 1 is 1.16 bits per heavy atom. The molecule has 19 heavy (non-hydrogen) atoms. The minimum atomic E-state index is -0.256. The van der Waals surface area contributed by atoms with Crippen LogP contribution in [0.5, 0.6) is 5.75 Å². The highest BCUT2D eigenvalue weighted by Crippen LogP contribution is 2.23. The molecular formula is C15H10BrClO2. The van der Waals surface area contributed by atoms with Gasteiger partial charge in [0.25, 0.3) is 0 Å². The van der Waals surface area contributed by atoms with Gasteiger partial charge in [-0.05, 0) is 42.0 Å². The molecule has 0 heterocycles. The Balaban J connectivity index is 2.21. The third-order valence-corrected chi connectivity index (χ3v) is 3.27. The van der Waals surface area contributed by atoms with Crippen LogP contribution >= 0.6 is 27.5 Å². The maximum absolute atomic E-state index is 12.0. The predicted molar refractivity (Wildman–Crippen MR) is 80.6 cm³/mol. The molecule has 0 fully saturated rings. The molecule has 0 radical (unpaired) electrons. The van der Waals surface area contributed by atoms with Crippen LogP contribution < -0.4 is 0 Å². The van der Waals surface area contributed by atoms with E-state index >= 15 is 0 Å². The molecule has 0 aliphatic carbocycles. The molecule has 0 spiro atoms. The summed E-state index contributed by atoms with van der Waals surface area (Å²) in [5.74, 6) is -0.289. The first kappa shape index (κ1) is 13.8. The van der Waals surface area contributed by atoms with Gasteiger partial charge in [0, 0.05) is 9.50 Å². The second-order valence-electron chi connectivity index (χ2n) is 3.91. The lowest BCUT2D eigenvalue weighted by atomic mass is 10.1. The normalized spacial score (nSPS) is 10.8. The zero-order valence-electron chi connectivity index (χ0n) is 9.81. The fourth-order valence-corrected chi connectivity index (χ4v) is 2.03. The number of halogens is 2. The highest BCUT2D eigenvalue weighted by Gasteiger charge is 2.08. The van der Waals surface area contributed by atoms with Crippen molar-refractivity contribution in [3.63, 3.8) is 0 Å². The lowest BCUT2D eigenvalue weighted by Gasteiger charge is -2.01. The summed E-state index contributed by atoms with van der Waals surface area (Å²) >= 11 is 9.05. The smallest absolute Gasteiger partial charge is 0.189 e. The molecule has 0 saturated heterocycles. The number of carbonyl (C=O) groups is 1. The van der Waals surface area contributed by atoms with Crippen LogP contribution in [-0.2, 0) is 0 Å². The van der Waals surface area contributed by atoms with Crippen molar-refractivity contribution in [2.75, 3.05) is 0 Å². The van der Waals surface area contributed by atoms with Crippen molar-refractivity contribution in [2.45, 2.75) is 0 Å². The zero-order chi connectivity index (χ0) is 13.8. The van der Waals surface area contributed by atoms with Gasteiger partial charge in [-0.3, -0.25) is 4.79 Å². The molecule has 0 bridgehead atoms. The van der Waals surface area contributed by atoms with E-state index in [-0.39, 0.29) is 17.1 Å². The van der Waals surface area contributed by atoms with E-state index in [4.69, 9.17) is 11.6 Å². The van der Waals surface area contributed by atoms with Gasteiger partial charge in [-0.25, -0.2) is 0 Å². The van der Waals surface area contributed by atoms with Crippen LogP contribution in [0.2, 0.25) is 5.02 Å². The summed E-state index contributed by atoms with van der Waals surface area (Å²) in [5.41, 5.74) is 1.13. The Labute approximate surface area is 124 Å². The number of hydrogen-bond donors (Lipinski definition) is 1. The number of allylic oxidation sites excluding steroid dienone is 1. The van der Waals surface area contributed by atoms with Crippen molar-refractivity contribution in [3.8, 4) is 5.75 Å². The van der Waals surface area contributed by atoms with Gasteiger partial charge in [0.1, 0.15) is 5.75 Å². The first-order valence-electron chi connectivity index (χ1n) is 5.53. The average Bonchev–Trinajstić information content (AvgIpc) is 2.40. The second-order valence-corrected chi connectivity index (χ2v) is 5.26. The van der Waals surface area contributed by atoms with Gasteiger partial charge in [-0.15, -0.1) is 0 Å². The van der Waals surface area contributed by atoms with E-state index in [1.807, 2.05) is 12.1 Å². The fraction of sp³-hybridized carbons (Fsp3) is 0. The van der Waals surface area contributed by atoms with Gasteiger partial charge in [0.05, 0.1) is 5.56 Å². The molecule has 0 aliphatic heterocycles. The Bertz CT molecular complexity index is 633. The molecule has 2 aromatic carbocycles. The monoisotopic (exact) mass is 336 g/mol. The molecule has 0 amide bonds. The van der Waals surface area contributed by atoms with Crippen LogP contribution in [0.15, 0.2) is 53.0 Å². The summed E-state index contributed by atoms with van der Waals surface area (Å²) in [6, 6.07) is 11.9. The first-order valence-corrected chi connectivity index (χ1v) is 6.70. The molecule has 0 aromatic heterocycles. The van der Waals surface area contributed by atoms with E-state index in [2.05, 4.69) is 15.9 Å². The Kier molecular flexibility index (Phi) is 4.40.